The monoisotopic (exact) mass is 195 g/mol. The summed E-state index contributed by atoms with van der Waals surface area (Å²) in [6, 6.07) is 9.34. The molecule has 0 bridgehead atoms. The molecule has 3 heteroatoms. The number of carbonyl (C=O) groups excluding carboxylic acids is 1. The van der Waals surface area contributed by atoms with Crippen molar-refractivity contribution in [3.63, 3.8) is 0 Å². The van der Waals surface area contributed by atoms with Crippen LogP contribution in [0.3, 0.4) is 0 Å². The summed E-state index contributed by atoms with van der Waals surface area (Å²) in [7, 11) is 0. The lowest BCUT2D eigenvalue weighted by atomic mass is 10.2. The third kappa shape index (κ3) is 3.61. The third-order valence-corrected chi connectivity index (χ3v) is 2.58. The van der Waals surface area contributed by atoms with Crippen LogP contribution in [0.5, 0.6) is 0 Å². The molecule has 0 amide bonds. The number of thioether (sulfide) groups is 1. The number of carbonyl (C=O) groups is 1. The van der Waals surface area contributed by atoms with E-state index in [-0.39, 0.29) is 5.78 Å². The highest BCUT2D eigenvalue weighted by atomic mass is 32.2. The first kappa shape index (κ1) is 10.3. The summed E-state index contributed by atoms with van der Waals surface area (Å²) in [4.78, 5) is 11.5. The lowest BCUT2D eigenvalue weighted by Crippen LogP contribution is -2.06. The van der Waals surface area contributed by atoms with Crippen LogP contribution in [0.4, 0.5) is 0 Å². The molecule has 13 heavy (non-hydrogen) atoms. The molecule has 0 radical (unpaired) electrons. The molecule has 0 spiro atoms. The largest absolute Gasteiger partial charge is 0.330 e. The Kier molecular flexibility index (Phi) is 4.57. The maximum Gasteiger partial charge on any atom is 0.172 e. The Morgan fingerprint density at radius 2 is 2.00 bits per heavy atom. The summed E-state index contributed by atoms with van der Waals surface area (Å²) >= 11 is 1.58. The maximum absolute atomic E-state index is 11.5. The second-order valence-electron chi connectivity index (χ2n) is 2.63. The van der Waals surface area contributed by atoms with Gasteiger partial charge in [0.25, 0.3) is 0 Å². The summed E-state index contributed by atoms with van der Waals surface area (Å²) in [5.74, 6) is 1.55. The highest BCUT2D eigenvalue weighted by molar-refractivity contribution is 8.00. The number of benzene rings is 1. The molecule has 0 heterocycles. The molecule has 0 aliphatic heterocycles. The molecule has 0 atom stereocenters. The number of ketones is 1. The summed E-state index contributed by atoms with van der Waals surface area (Å²) < 4.78 is 0. The Hall–Kier alpha value is -0.800. The number of Topliss-reactive ketones (excluding diaryl/α,β-unsaturated/α-hetero) is 1. The molecular weight excluding hydrogens is 182 g/mol. The standard InChI is InChI=1S/C10H13NOS/c11-6-7-13-8-10(12)9-4-2-1-3-5-9/h1-5H,6-8,11H2. The fraction of sp³-hybridized carbons (Fsp3) is 0.300. The van der Waals surface area contributed by atoms with Gasteiger partial charge in [0.2, 0.25) is 0 Å². The van der Waals surface area contributed by atoms with Crippen LogP contribution in [-0.2, 0) is 0 Å². The normalized spacial score (nSPS) is 9.92. The topological polar surface area (TPSA) is 43.1 Å². The van der Waals surface area contributed by atoms with E-state index in [1.54, 1.807) is 11.8 Å². The molecule has 1 aromatic carbocycles. The van der Waals surface area contributed by atoms with Crippen LogP contribution in [0.1, 0.15) is 10.4 Å². The van der Waals surface area contributed by atoms with Crippen LogP contribution < -0.4 is 5.73 Å². The summed E-state index contributed by atoms with van der Waals surface area (Å²) in [6.07, 6.45) is 0. The average molecular weight is 195 g/mol. The zero-order valence-corrected chi connectivity index (χ0v) is 8.22. The first-order valence-corrected chi connectivity index (χ1v) is 5.36. The molecule has 1 aromatic rings. The summed E-state index contributed by atoms with van der Waals surface area (Å²) in [5, 5.41) is 0. The first-order valence-electron chi connectivity index (χ1n) is 4.20. The Morgan fingerprint density at radius 1 is 1.31 bits per heavy atom. The van der Waals surface area contributed by atoms with Crippen LogP contribution in [-0.4, -0.2) is 23.8 Å². The van der Waals surface area contributed by atoms with E-state index in [0.29, 0.717) is 12.3 Å². The quantitative estimate of drug-likeness (QED) is 0.573. The molecule has 0 saturated heterocycles. The molecule has 0 aromatic heterocycles. The van der Waals surface area contributed by atoms with Gasteiger partial charge in [-0.3, -0.25) is 4.79 Å². The minimum atomic E-state index is 0.180. The van der Waals surface area contributed by atoms with Gasteiger partial charge in [0.15, 0.2) is 5.78 Å². The Morgan fingerprint density at radius 3 is 2.62 bits per heavy atom. The van der Waals surface area contributed by atoms with E-state index in [9.17, 15) is 4.79 Å². The van der Waals surface area contributed by atoms with Gasteiger partial charge >= 0.3 is 0 Å². The number of nitrogens with two attached hydrogens (primary N) is 1. The van der Waals surface area contributed by atoms with E-state index in [4.69, 9.17) is 5.73 Å². The summed E-state index contributed by atoms with van der Waals surface area (Å²) in [6.45, 7) is 0.632. The van der Waals surface area contributed by atoms with E-state index in [1.165, 1.54) is 0 Å². The number of hydrogen-bond donors (Lipinski definition) is 1. The Bertz CT molecular complexity index is 261. The Balaban J connectivity index is 2.40. The Labute approximate surface area is 82.5 Å². The molecule has 2 nitrogen and oxygen atoms in total. The van der Waals surface area contributed by atoms with Crippen molar-refractivity contribution in [2.75, 3.05) is 18.1 Å². The predicted molar refractivity (Wildman–Crippen MR) is 57.2 cm³/mol. The van der Waals surface area contributed by atoms with Crippen LogP contribution in [0.25, 0.3) is 0 Å². The van der Waals surface area contributed by atoms with Crippen molar-refractivity contribution in [1.29, 1.82) is 0 Å². The smallest absolute Gasteiger partial charge is 0.172 e. The lowest BCUT2D eigenvalue weighted by molar-refractivity contribution is 0.102. The van der Waals surface area contributed by atoms with Crippen molar-refractivity contribution in [3.05, 3.63) is 35.9 Å². The van der Waals surface area contributed by atoms with E-state index in [0.717, 1.165) is 11.3 Å². The summed E-state index contributed by atoms with van der Waals surface area (Å²) in [5.41, 5.74) is 6.11. The highest BCUT2D eigenvalue weighted by Crippen LogP contribution is 2.06. The third-order valence-electron chi connectivity index (χ3n) is 1.59. The minimum absolute atomic E-state index is 0.180. The van der Waals surface area contributed by atoms with Crippen molar-refractivity contribution in [3.8, 4) is 0 Å². The fourth-order valence-electron chi connectivity index (χ4n) is 0.956. The second-order valence-corrected chi connectivity index (χ2v) is 3.74. The van der Waals surface area contributed by atoms with Gasteiger partial charge in [0, 0.05) is 17.9 Å². The van der Waals surface area contributed by atoms with Gasteiger partial charge in [-0.05, 0) is 0 Å². The molecule has 0 unspecified atom stereocenters. The molecule has 0 saturated carbocycles. The minimum Gasteiger partial charge on any atom is -0.330 e. The van der Waals surface area contributed by atoms with Crippen molar-refractivity contribution < 1.29 is 4.79 Å². The van der Waals surface area contributed by atoms with E-state index in [1.807, 2.05) is 30.3 Å². The van der Waals surface area contributed by atoms with Crippen LogP contribution in [0.15, 0.2) is 30.3 Å². The van der Waals surface area contributed by atoms with Gasteiger partial charge in [0.05, 0.1) is 5.75 Å². The fourth-order valence-corrected chi connectivity index (χ4v) is 1.62. The average Bonchev–Trinajstić information content (AvgIpc) is 2.19. The van der Waals surface area contributed by atoms with E-state index < -0.39 is 0 Å². The highest BCUT2D eigenvalue weighted by Gasteiger charge is 2.03. The van der Waals surface area contributed by atoms with Crippen molar-refractivity contribution in [1.82, 2.24) is 0 Å². The molecule has 1 rings (SSSR count). The molecule has 0 aliphatic rings. The number of rotatable bonds is 5. The van der Waals surface area contributed by atoms with Crippen molar-refractivity contribution in [2.24, 2.45) is 5.73 Å². The maximum atomic E-state index is 11.5. The van der Waals surface area contributed by atoms with Crippen LogP contribution in [0, 0.1) is 0 Å². The molecule has 70 valence electrons. The van der Waals surface area contributed by atoms with Gasteiger partial charge in [-0.2, -0.15) is 11.8 Å². The SMILES string of the molecule is NCCSCC(=O)c1ccccc1. The molecule has 0 fully saturated rings. The predicted octanol–water partition coefficient (Wildman–Crippen LogP) is 1.56. The zero-order valence-electron chi connectivity index (χ0n) is 7.40. The van der Waals surface area contributed by atoms with Gasteiger partial charge in [-0.15, -0.1) is 0 Å². The molecule has 2 N–H and O–H groups in total. The first-order chi connectivity index (χ1) is 6.34. The van der Waals surface area contributed by atoms with Crippen molar-refractivity contribution >= 4 is 17.5 Å². The van der Waals surface area contributed by atoms with Crippen LogP contribution in [0.2, 0.25) is 0 Å². The molecular formula is C10H13NOS. The molecule has 0 aliphatic carbocycles. The number of hydrogen-bond acceptors (Lipinski definition) is 3. The van der Waals surface area contributed by atoms with Gasteiger partial charge < -0.3 is 5.73 Å². The van der Waals surface area contributed by atoms with Crippen molar-refractivity contribution in [2.45, 2.75) is 0 Å². The van der Waals surface area contributed by atoms with Crippen LogP contribution >= 0.6 is 11.8 Å². The van der Waals surface area contributed by atoms with Gasteiger partial charge in [-0.1, -0.05) is 30.3 Å². The second kappa shape index (κ2) is 5.78. The van der Waals surface area contributed by atoms with Gasteiger partial charge in [-0.25, -0.2) is 0 Å². The van der Waals surface area contributed by atoms with Gasteiger partial charge in [0.1, 0.15) is 0 Å². The van der Waals surface area contributed by atoms with E-state index in [2.05, 4.69) is 0 Å². The lowest BCUT2D eigenvalue weighted by Gasteiger charge is -1.99. The van der Waals surface area contributed by atoms with E-state index >= 15 is 0 Å². The zero-order chi connectivity index (χ0) is 9.52.